The third kappa shape index (κ3) is 4.61. The molecule has 6 heteroatoms. The normalized spacial score (nSPS) is 16.8. The molecule has 1 amide bonds. The minimum absolute atomic E-state index is 0.126. The monoisotopic (exact) mass is 383 g/mol. The second-order valence-electron chi connectivity index (χ2n) is 7.65. The topological polar surface area (TPSA) is 75.3 Å². The van der Waals surface area contributed by atoms with Crippen LogP contribution in [0.4, 0.5) is 0 Å². The van der Waals surface area contributed by atoms with E-state index in [0.29, 0.717) is 13.0 Å². The summed E-state index contributed by atoms with van der Waals surface area (Å²) in [6.45, 7) is 5.18. The van der Waals surface area contributed by atoms with Crippen molar-refractivity contribution in [3.63, 3.8) is 0 Å². The first-order valence-electron chi connectivity index (χ1n) is 9.94. The number of hydrogen-bond donors (Lipinski definition) is 1. The first-order valence-corrected chi connectivity index (χ1v) is 9.94. The van der Waals surface area contributed by atoms with E-state index in [1.54, 1.807) is 13.3 Å². The zero-order valence-electron chi connectivity index (χ0n) is 17.0. The molecule has 0 saturated carbocycles. The molecule has 0 radical (unpaired) electrons. The molecule has 0 bridgehead atoms. The van der Waals surface area contributed by atoms with Gasteiger partial charge >= 0.3 is 0 Å². The van der Waals surface area contributed by atoms with Gasteiger partial charge in [-0.25, -0.2) is 0 Å². The number of piperidine rings is 1. The molecule has 1 N–H and O–H groups in total. The van der Waals surface area contributed by atoms with Crippen LogP contribution < -0.4 is 4.74 Å². The van der Waals surface area contributed by atoms with E-state index in [0.717, 1.165) is 60.2 Å². The largest absolute Gasteiger partial charge is 0.496 e. The number of nitrogens with one attached hydrogen (secondary N) is 1. The maximum absolute atomic E-state index is 13.1. The fourth-order valence-corrected chi connectivity index (χ4v) is 4.08. The SMILES string of the molecule is COc1c(C)cc(C(=O)C2CCCN(C(=O)CCCc3cn[nH]c3)C2)cc1C. The van der Waals surface area contributed by atoms with Gasteiger partial charge in [-0.2, -0.15) is 5.10 Å². The van der Waals surface area contributed by atoms with Gasteiger partial charge in [-0.1, -0.05) is 0 Å². The average molecular weight is 383 g/mol. The molecule has 2 heterocycles. The minimum Gasteiger partial charge on any atom is -0.496 e. The van der Waals surface area contributed by atoms with Gasteiger partial charge in [-0.05, 0) is 68.4 Å². The Kier molecular flexibility index (Phi) is 6.49. The zero-order chi connectivity index (χ0) is 20.1. The number of Topliss-reactive ketones (excluding diaryl/α,β-unsaturated/α-hetero) is 1. The summed E-state index contributed by atoms with van der Waals surface area (Å²) in [5, 5.41) is 6.71. The quantitative estimate of drug-likeness (QED) is 0.743. The highest BCUT2D eigenvalue weighted by molar-refractivity contribution is 5.99. The number of H-pyrrole nitrogens is 1. The summed E-state index contributed by atoms with van der Waals surface area (Å²) < 4.78 is 5.40. The number of ketones is 1. The van der Waals surface area contributed by atoms with Gasteiger partial charge in [0.05, 0.1) is 13.3 Å². The zero-order valence-corrected chi connectivity index (χ0v) is 17.0. The second-order valence-corrected chi connectivity index (χ2v) is 7.65. The van der Waals surface area contributed by atoms with Crippen LogP contribution in [0, 0.1) is 19.8 Å². The average Bonchev–Trinajstić information content (AvgIpc) is 3.20. The Morgan fingerprint density at radius 1 is 1.29 bits per heavy atom. The van der Waals surface area contributed by atoms with Gasteiger partial charge in [0, 0.05) is 37.2 Å². The highest BCUT2D eigenvalue weighted by atomic mass is 16.5. The summed E-state index contributed by atoms with van der Waals surface area (Å²) in [7, 11) is 1.65. The molecule has 1 fully saturated rings. The van der Waals surface area contributed by atoms with Gasteiger partial charge in [0.25, 0.3) is 0 Å². The number of carbonyl (C=O) groups excluding carboxylic acids is 2. The van der Waals surface area contributed by atoms with Crippen LogP contribution in [0.25, 0.3) is 0 Å². The Morgan fingerprint density at radius 3 is 2.68 bits per heavy atom. The molecule has 1 aromatic heterocycles. The van der Waals surface area contributed by atoms with E-state index >= 15 is 0 Å². The molecule has 1 aromatic carbocycles. The van der Waals surface area contributed by atoms with Crippen LogP contribution in [-0.2, 0) is 11.2 Å². The molecule has 150 valence electrons. The standard InChI is InChI=1S/C22H29N3O3/c1-15-10-19(11-16(2)22(15)28-3)21(27)18-7-5-9-25(14-18)20(26)8-4-6-17-12-23-24-13-17/h10-13,18H,4-9,14H2,1-3H3,(H,23,24). The van der Waals surface area contributed by atoms with E-state index < -0.39 is 0 Å². The van der Waals surface area contributed by atoms with E-state index in [-0.39, 0.29) is 17.6 Å². The summed E-state index contributed by atoms with van der Waals surface area (Å²) in [5.41, 5.74) is 3.77. The summed E-state index contributed by atoms with van der Waals surface area (Å²) in [6, 6.07) is 3.81. The molecule has 0 aliphatic carbocycles. The molecule has 1 unspecified atom stereocenters. The van der Waals surface area contributed by atoms with Crippen LogP contribution in [0.15, 0.2) is 24.5 Å². The lowest BCUT2D eigenvalue weighted by atomic mass is 9.88. The van der Waals surface area contributed by atoms with Gasteiger partial charge < -0.3 is 9.64 Å². The predicted octanol–water partition coefficient (Wildman–Crippen LogP) is 3.48. The molecular weight excluding hydrogens is 354 g/mol. The van der Waals surface area contributed by atoms with Gasteiger partial charge in [0.1, 0.15) is 5.75 Å². The molecular formula is C22H29N3O3. The van der Waals surface area contributed by atoms with E-state index in [2.05, 4.69) is 10.2 Å². The van der Waals surface area contributed by atoms with Crippen molar-refractivity contribution in [2.24, 2.45) is 5.92 Å². The van der Waals surface area contributed by atoms with Crippen LogP contribution in [0.2, 0.25) is 0 Å². The smallest absolute Gasteiger partial charge is 0.222 e. The van der Waals surface area contributed by atoms with Crippen molar-refractivity contribution in [3.05, 3.63) is 46.8 Å². The number of ether oxygens (including phenoxy) is 1. The van der Waals surface area contributed by atoms with Crippen LogP contribution >= 0.6 is 0 Å². The van der Waals surface area contributed by atoms with Gasteiger partial charge in [-0.3, -0.25) is 14.7 Å². The highest BCUT2D eigenvalue weighted by Gasteiger charge is 2.29. The van der Waals surface area contributed by atoms with Crippen molar-refractivity contribution in [2.45, 2.75) is 46.0 Å². The Balaban J connectivity index is 1.59. The molecule has 6 nitrogen and oxygen atoms in total. The molecule has 1 saturated heterocycles. The first-order chi connectivity index (χ1) is 13.5. The van der Waals surface area contributed by atoms with Crippen molar-refractivity contribution in [1.29, 1.82) is 0 Å². The van der Waals surface area contributed by atoms with Crippen molar-refractivity contribution in [1.82, 2.24) is 15.1 Å². The van der Waals surface area contributed by atoms with E-state index in [9.17, 15) is 9.59 Å². The molecule has 1 atom stereocenters. The van der Waals surface area contributed by atoms with Gasteiger partial charge in [-0.15, -0.1) is 0 Å². The van der Waals surface area contributed by atoms with Crippen molar-refractivity contribution >= 4 is 11.7 Å². The number of hydrogen-bond acceptors (Lipinski definition) is 4. The van der Waals surface area contributed by atoms with Crippen LogP contribution in [0.1, 0.15) is 52.7 Å². The molecule has 1 aliphatic heterocycles. The Labute approximate surface area is 166 Å². The number of methoxy groups -OCH3 is 1. The van der Waals surface area contributed by atoms with Crippen molar-refractivity contribution in [2.75, 3.05) is 20.2 Å². The molecule has 0 spiro atoms. The number of aromatic amines is 1. The summed E-state index contributed by atoms with van der Waals surface area (Å²) >= 11 is 0. The van der Waals surface area contributed by atoms with E-state index in [1.807, 2.05) is 37.1 Å². The maximum Gasteiger partial charge on any atom is 0.222 e. The number of nitrogens with zero attached hydrogens (tertiary/aromatic N) is 2. The van der Waals surface area contributed by atoms with Crippen LogP contribution in [0.5, 0.6) is 5.75 Å². The maximum atomic E-state index is 13.1. The third-order valence-electron chi connectivity index (χ3n) is 5.50. The summed E-state index contributed by atoms with van der Waals surface area (Å²) in [4.78, 5) is 27.5. The number of aromatic nitrogens is 2. The van der Waals surface area contributed by atoms with Gasteiger partial charge in [0.2, 0.25) is 5.91 Å². The van der Waals surface area contributed by atoms with Crippen LogP contribution in [0.3, 0.4) is 0 Å². The molecule has 2 aromatic rings. The fraction of sp³-hybridized carbons (Fsp3) is 0.500. The lowest BCUT2D eigenvalue weighted by molar-refractivity contribution is -0.132. The minimum atomic E-state index is -0.126. The van der Waals surface area contributed by atoms with E-state index in [4.69, 9.17) is 4.74 Å². The summed E-state index contributed by atoms with van der Waals surface area (Å²) in [5.74, 6) is 0.973. The first kappa shape index (κ1) is 20.1. The Hall–Kier alpha value is -2.63. The Morgan fingerprint density at radius 2 is 2.04 bits per heavy atom. The number of amides is 1. The third-order valence-corrected chi connectivity index (χ3v) is 5.50. The fourth-order valence-electron chi connectivity index (χ4n) is 4.08. The highest BCUT2D eigenvalue weighted by Crippen LogP contribution is 2.28. The number of carbonyl (C=O) groups is 2. The number of rotatable bonds is 7. The molecule has 1 aliphatic rings. The van der Waals surface area contributed by atoms with Crippen molar-refractivity contribution in [3.8, 4) is 5.75 Å². The second kappa shape index (κ2) is 9.04. The number of benzene rings is 1. The number of aryl methyl sites for hydroxylation is 3. The Bertz CT molecular complexity index is 807. The summed E-state index contributed by atoms with van der Waals surface area (Å²) in [6.07, 6.45) is 7.50. The number of likely N-dealkylation sites (tertiary alicyclic amines) is 1. The van der Waals surface area contributed by atoms with Gasteiger partial charge in [0.15, 0.2) is 5.78 Å². The predicted molar refractivity (Wildman–Crippen MR) is 108 cm³/mol. The molecule has 3 rings (SSSR count). The van der Waals surface area contributed by atoms with E-state index in [1.165, 1.54) is 0 Å². The lowest BCUT2D eigenvalue weighted by Crippen LogP contribution is -2.42. The lowest BCUT2D eigenvalue weighted by Gasteiger charge is -2.32. The van der Waals surface area contributed by atoms with Crippen molar-refractivity contribution < 1.29 is 14.3 Å². The molecule has 28 heavy (non-hydrogen) atoms. The van der Waals surface area contributed by atoms with Crippen LogP contribution in [-0.4, -0.2) is 47.0 Å².